The molecule has 6 N–H and O–H groups in total. The molecule has 0 fully saturated rings. The molecule has 0 amide bonds. The largest absolute Gasteiger partial charge is 0.393 e. The van der Waals surface area contributed by atoms with E-state index in [0.29, 0.717) is 0 Å². The van der Waals surface area contributed by atoms with E-state index >= 15 is 0 Å². The first kappa shape index (κ1) is 16.7. The molecule has 7 nitrogen and oxygen atoms in total. The van der Waals surface area contributed by atoms with Gasteiger partial charge in [-0.2, -0.15) is 0 Å². The highest BCUT2D eigenvalue weighted by Gasteiger charge is 2.30. The van der Waals surface area contributed by atoms with Crippen LogP contribution in [-0.4, -0.2) is 99.9 Å². The van der Waals surface area contributed by atoms with Gasteiger partial charge < -0.3 is 35.1 Å². The van der Waals surface area contributed by atoms with Crippen LogP contribution in [0.1, 0.15) is 0 Å². The predicted octanol–water partition coefficient (Wildman–Crippen LogP) is -3.51. The summed E-state index contributed by atoms with van der Waals surface area (Å²) in [6.45, 7) is -0.908. The van der Waals surface area contributed by atoms with Crippen molar-refractivity contribution in [3.63, 3.8) is 0 Å². The lowest BCUT2D eigenvalue weighted by molar-refractivity contribution is -0.918. The Labute approximate surface area is 101 Å². The van der Waals surface area contributed by atoms with Gasteiger partial charge in [-0.1, -0.05) is 0 Å². The molecular weight excluding hydrogens is 230 g/mol. The minimum Gasteiger partial charge on any atom is -0.393 e. The fourth-order valence-corrected chi connectivity index (χ4v) is 1.92. The molecule has 0 spiro atoms. The van der Waals surface area contributed by atoms with Crippen LogP contribution in [0, 0.1) is 0 Å². The van der Waals surface area contributed by atoms with Gasteiger partial charge in [0.05, 0.1) is 26.9 Å². The van der Waals surface area contributed by atoms with Crippen LogP contribution in [-0.2, 0) is 0 Å². The Balaban J connectivity index is 4.55. The molecule has 0 aliphatic carbocycles. The van der Waals surface area contributed by atoms with Crippen LogP contribution in [0.25, 0.3) is 0 Å². The number of hydrogen-bond acceptors (Lipinski definition) is 6. The summed E-state index contributed by atoms with van der Waals surface area (Å²) in [6.07, 6.45) is -2.93. The molecule has 0 saturated heterocycles. The molecule has 0 radical (unpaired) electrons. The molecule has 0 aromatic heterocycles. The van der Waals surface area contributed by atoms with Gasteiger partial charge in [-0.3, -0.25) is 0 Å². The topological polar surface area (TPSA) is 121 Å². The maximum Gasteiger partial charge on any atom is 0.126 e. The van der Waals surface area contributed by atoms with Crippen molar-refractivity contribution >= 4 is 0 Å². The average Bonchev–Trinajstić information content (AvgIpc) is 2.27. The molecule has 0 aromatic rings. The zero-order valence-corrected chi connectivity index (χ0v) is 10.1. The standard InChI is InChI=1S/C10H24NO6/c1-11(2-8(15)5-12,3-9(16)6-13)4-10(17)7-14/h8-10,12-17H,2-7H2,1H3/q+1. The number of nitrogens with zero attached hydrogens (tertiary/aromatic N) is 1. The third-order valence-corrected chi connectivity index (χ3v) is 2.59. The second-order valence-corrected chi connectivity index (χ2v) is 4.68. The van der Waals surface area contributed by atoms with Crippen molar-refractivity contribution < 1.29 is 35.1 Å². The van der Waals surface area contributed by atoms with Gasteiger partial charge in [-0.05, 0) is 0 Å². The van der Waals surface area contributed by atoms with Crippen molar-refractivity contribution in [1.82, 2.24) is 0 Å². The van der Waals surface area contributed by atoms with Crippen molar-refractivity contribution in [2.24, 2.45) is 0 Å². The fraction of sp³-hybridized carbons (Fsp3) is 1.00. The Morgan fingerprint density at radius 2 is 0.941 bits per heavy atom. The SMILES string of the molecule is C[N+](CC(O)CO)(CC(O)CO)CC(O)CO. The first-order valence-electron chi connectivity index (χ1n) is 5.57. The van der Waals surface area contributed by atoms with E-state index in [4.69, 9.17) is 15.3 Å². The van der Waals surface area contributed by atoms with E-state index in [2.05, 4.69) is 0 Å². The van der Waals surface area contributed by atoms with Gasteiger partial charge in [0.2, 0.25) is 0 Å². The van der Waals surface area contributed by atoms with Gasteiger partial charge in [-0.15, -0.1) is 0 Å². The fourth-order valence-electron chi connectivity index (χ4n) is 1.92. The van der Waals surface area contributed by atoms with E-state index in [9.17, 15) is 15.3 Å². The lowest BCUT2D eigenvalue weighted by atomic mass is 10.2. The molecule has 3 unspecified atom stereocenters. The van der Waals surface area contributed by atoms with E-state index < -0.39 is 38.1 Å². The van der Waals surface area contributed by atoms with E-state index in [0.717, 1.165) is 0 Å². The summed E-state index contributed by atoms with van der Waals surface area (Å²) in [6, 6.07) is 0. The van der Waals surface area contributed by atoms with Gasteiger partial charge in [0.25, 0.3) is 0 Å². The Morgan fingerprint density at radius 3 is 1.12 bits per heavy atom. The number of rotatable bonds is 9. The van der Waals surface area contributed by atoms with Crippen LogP contribution < -0.4 is 0 Å². The average molecular weight is 254 g/mol. The third-order valence-electron chi connectivity index (χ3n) is 2.59. The molecule has 0 aromatic carbocycles. The van der Waals surface area contributed by atoms with Gasteiger partial charge in [0.15, 0.2) is 0 Å². The van der Waals surface area contributed by atoms with Crippen molar-refractivity contribution in [3.05, 3.63) is 0 Å². The smallest absolute Gasteiger partial charge is 0.126 e. The molecular formula is C10H24NO6+. The molecule has 0 bridgehead atoms. The van der Waals surface area contributed by atoms with Crippen LogP contribution in [0.5, 0.6) is 0 Å². The van der Waals surface area contributed by atoms with Crippen LogP contribution in [0.15, 0.2) is 0 Å². The lowest BCUT2D eigenvalue weighted by Gasteiger charge is -2.38. The summed E-state index contributed by atoms with van der Waals surface area (Å²) in [5.74, 6) is 0. The molecule has 7 heteroatoms. The molecule has 0 rings (SSSR count). The van der Waals surface area contributed by atoms with Crippen LogP contribution in [0.2, 0.25) is 0 Å². The first-order valence-corrected chi connectivity index (χ1v) is 5.57. The van der Waals surface area contributed by atoms with Gasteiger partial charge in [-0.25, -0.2) is 0 Å². The Morgan fingerprint density at radius 1 is 0.706 bits per heavy atom. The second-order valence-electron chi connectivity index (χ2n) is 4.68. The maximum atomic E-state index is 9.41. The highest BCUT2D eigenvalue weighted by atomic mass is 16.3. The van der Waals surface area contributed by atoms with Crippen LogP contribution in [0.4, 0.5) is 0 Å². The summed E-state index contributed by atoms with van der Waals surface area (Å²) in [4.78, 5) is 0. The molecule has 3 atom stereocenters. The molecule has 0 aliphatic rings. The van der Waals surface area contributed by atoms with E-state index in [1.54, 1.807) is 7.05 Å². The Bertz CT molecular complexity index is 172. The quantitative estimate of drug-likeness (QED) is 0.237. The summed E-state index contributed by atoms with van der Waals surface area (Å²) in [5, 5.41) is 54.6. The van der Waals surface area contributed by atoms with Gasteiger partial charge in [0, 0.05) is 0 Å². The highest BCUT2D eigenvalue weighted by molar-refractivity contribution is 4.60. The number of hydrogen-bond donors (Lipinski definition) is 6. The molecule has 0 heterocycles. The monoisotopic (exact) mass is 254 g/mol. The van der Waals surface area contributed by atoms with Crippen LogP contribution in [0.3, 0.4) is 0 Å². The van der Waals surface area contributed by atoms with Crippen molar-refractivity contribution in [2.75, 3.05) is 46.5 Å². The van der Waals surface area contributed by atoms with Gasteiger partial charge in [0.1, 0.15) is 37.9 Å². The van der Waals surface area contributed by atoms with Gasteiger partial charge >= 0.3 is 0 Å². The summed E-state index contributed by atoms with van der Waals surface area (Å²) >= 11 is 0. The number of aliphatic hydroxyl groups is 6. The first-order chi connectivity index (χ1) is 7.86. The third kappa shape index (κ3) is 6.89. The van der Waals surface area contributed by atoms with Crippen molar-refractivity contribution in [1.29, 1.82) is 0 Å². The zero-order valence-electron chi connectivity index (χ0n) is 10.1. The second kappa shape index (κ2) is 7.93. The highest BCUT2D eigenvalue weighted by Crippen LogP contribution is 2.08. The molecule has 17 heavy (non-hydrogen) atoms. The zero-order chi connectivity index (χ0) is 13.5. The summed E-state index contributed by atoms with van der Waals surface area (Å²) in [5.41, 5.74) is 0. The van der Waals surface area contributed by atoms with Crippen molar-refractivity contribution in [2.45, 2.75) is 18.3 Å². The Kier molecular flexibility index (Phi) is 7.80. The molecule has 0 saturated carbocycles. The minimum absolute atomic E-state index is 0.0468. The summed E-state index contributed by atoms with van der Waals surface area (Å²) < 4.78 is 0.0468. The number of aliphatic hydroxyl groups excluding tert-OH is 6. The normalized spacial score (nSPS) is 20.6. The molecule has 104 valence electrons. The van der Waals surface area contributed by atoms with E-state index in [-0.39, 0.29) is 24.1 Å². The number of quaternary nitrogens is 1. The number of likely N-dealkylation sites (N-methyl/N-ethyl adjacent to an activating group) is 1. The van der Waals surface area contributed by atoms with E-state index in [1.165, 1.54) is 0 Å². The van der Waals surface area contributed by atoms with Crippen molar-refractivity contribution in [3.8, 4) is 0 Å². The summed E-state index contributed by atoms with van der Waals surface area (Å²) in [7, 11) is 1.66. The maximum absolute atomic E-state index is 9.41. The lowest BCUT2D eigenvalue weighted by Crippen LogP contribution is -2.57. The van der Waals surface area contributed by atoms with Crippen LogP contribution >= 0.6 is 0 Å². The van der Waals surface area contributed by atoms with E-state index in [1.807, 2.05) is 0 Å². The minimum atomic E-state index is -0.975. The Hall–Kier alpha value is -0.280. The molecule has 0 aliphatic heterocycles. The predicted molar refractivity (Wildman–Crippen MR) is 60.1 cm³/mol.